The predicted molar refractivity (Wildman–Crippen MR) is 70.3 cm³/mol. The van der Waals surface area contributed by atoms with Gasteiger partial charge in [-0.3, -0.25) is 0 Å². The zero-order valence-corrected chi connectivity index (χ0v) is 11.3. The van der Waals surface area contributed by atoms with Gasteiger partial charge in [-0.2, -0.15) is 0 Å². The number of hydrogen-bond donors (Lipinski definition) is 1. The molecule has 0 aliphatic heterocycles. The molecule has 2 N–H and O–H groups in total. The molecule has 5 heteroatoms. The van der Waals surface area contributed by atoms with E-state index in [0.29, 0.717) is 12.4 Å². The molecule has 0 fully saturated rings. The number of hydrogen-bond acceptors (Lipinski definition) is 5. The van der Waals surface area contributed by atoms with Crippen LogP contribution >= 0.6 is 0 Å². The van der Waals surface area contributed by atoms with Crippen LogP contribution in [0.2, 0.25) is 0 Å². The van der Waals surface area contributed by atoms with Gasteiger partial charge in [-0.15, -0.1) is 0 Å². The third-order valence-electron chi connectivity index (χ3n) is 2.70. The summed E-state index contributed by atoms with van der Waals surface area (Å²) >= 11 is 0. The molecule has 0 amide bonds. The lowest BCUT2D eigenvalue weighted by molar-refractivity contribution is 0.183. The van der Waals surface area contributed by atoms with E-state index in [4.69, 9.17) is 10.5 Å². The van der Waals surface area contributed by atoms with E-state index in [1.807, 2.05) is 11.9 Å². The molecule has 1 aromatic rings. The highest BCUT2D eigenvalue weighted by Gasteiger charge is 2.14. The van der Waals surface area contributed by atoms with Crippen molar-refractivity contribution in [2.45, 2.75) is 32.7 Å². The standard InChI is InChI=1S/C12H22N4O/c1-8(2)12-14-10(13)6-11(15-12)16(4)9(3)7-17-5/h6,8-9H,7H2,1-5H3,(H2,13,14,15). The van der Waals surface area contributed by atoms with Crippen molar-refractivity contribution in [3.8, 4) is 0 Å². The van der Waals surface area contributed by atoms with Crippen molar-refractivity contribution in [3.63, 3.8) is 0 Å². The number of methoxy groups -OCH3 is 1. The summed E-state index contributed by atoms with van der Waals surface area (Å²) < 4.78 is 5.14. The Labute approximate surface area is 103 Å². The van der Waals surface area contributed by atoms with E-state index in [9.17, 15) is 0 Å². The van der Waals surface area contributed by atoms with Crippen LogP contribution in [0.3, 0.4) is 0 Å². The minimum atomic E-state index is 0.245. The molecular formula is C12H22N4O. The molecule has 1 aromatic heterocycles. The van der Waals surface area contributed by atoms with Gasteiger partial charge < -0.3 is 15.4 Å². The fourth-order valence-corrected chi connectivity index (χ4v) is 1.49. The SMILES string of the molecule is COCC(C)N(C)c1cc(N)nc(C(C)C)n1. The zero-order chi connectivity index (χ0) is 13.0. The van der Waals surface area contributed by atoms with Crippen molar-refractivity contribution in [1.82, 2.24) is 9.97 Å². The molecule has 0 spiro atoms. The fraction of sp³-hybridized carbons (Fsp3) is 0.667. The fourth-order valence-electron chi connectivity index (χ4n) is 1.49. The number of ether oxygens (including phenoxy) is 1. The highest BCUT2D eigenvalue weighted by Crippen LogP contribution is 2.19. The third kappa shape index (κ3) is 3.56. The van der Waals surface area contributed by atoms with Gasteiger partial charge in [-0.05, 0) is 6.92 Å². The van der Waals surface area contributed by atoms with Crippen molar-refractivity contribution < 1.29 is 4.74 Å². The lowest BCUT2D eigenvalue weighted by Gasteiger charge is -2.26. The van der Waals surface area contributed by atoms with E-state index in [1.165, 1.54) is 0 Å². The van der Waals surface area contributed by atoms with Crippen molar-refractivity contribution in [1.29, 1.82) is 0 Å². The Bertz CT molecular complexity index is 368. The number of rotatable bonds is 5. The molecule has 1 atom stereocenters. The van der Waals surface area contributed by atoms with Gasteiger partial charge in [0.1, 0.15) is 17.5 Å². The van der Waals surface area contributed by atoms with Crippen LogP contribution < -0.4 is 10.6 Å². The molecule has 96 valence electrons. The number of nitrogens with two attached hydrogens (primary N) is 1. The first-order chi connectivity index (χ1) is 7.95. The number of nitrogen functional groups attached to an aromatic ring is 1. The third-order valence-corrected chi connectivity index (χ3v) is 2.70. The highest BCUT2D eigenvalue weighted by molar-refractivity contribution is 5.47. The van der Waals surface area contributed by atoms with Gasteiger partial charge in [0, 0.05) is 26.1 Å². The molecule has 0 bridgehead atoms. The van der Waals surface area contributed by atoms with Crippen molar-refractivity contribution >= 4 is 11.6 Å². The van der Waals surface area contributed by atoms with Gasteiger partial charge in [-0.25, -0.2) is 9.97 Å². The molecular weight excluding hydrogens is 216 g/mol. The minimum Gasteiger partial charge on any atom is -0.384 e. The second kappa shape index (κ2) is 5.82. The topological polar surface area (TPSA) is 64.3 Å². The van der Waals surface area contributed by atoms with E-state index in [2.05, 4.69) is 30.7 Å². The van der Waals surface area contributed by atoms with Crippen LogP contribution in [0.4, 0.5) is 11.6 Å². The predicted octanol–water partition coefficient (Wildman–Crippen LogP) is 1.65. The number of anilines is 2. The first-order valence-corrected chi connectivity index (χ1v) is 5.82. The van der Waals surface area contributed by atoms with E-state index >= 15 is 0 Å². The van der Waals surface area contributed by atoms with Crippen molar-refractivity contribution in [3.05, 3.63) is 11.9 Å². The molecule has 0 radical (unpaired) electrons. The Balaban J connectivity index is 2.96. The Morgan fingerprint density at radius 3 is 2.53 bits per heavy atom. The summed E-state index contributed by atoms with van der Waals surface area (Å²) in [4.78, 5) is 10.8. The maximum atomic E-state index is 5.80. The molecule has 1 rings (SSSR count). The van der Waals surface area contributed by atoms with Crippen LogP contribution in [0, 0.1) is 0 Å². The van der Waals surface area contributed by atoms with Crippen LogP contribution in [0.15, 0.2) is 6.07 Å². The average Bonchev–Trinajstić information content (AvgIpc) is 2.27. The first kappa shape index (κ1) is 13.7. The molecule has 0 aliphatic carbocycles. The summed E-state index contributed by atoms with van der Waals surface area (Å²) in [6, 6.07) is 2.03. The monoisotopic (exact) mass is 238 g/mol. The second-order valence-electron chi connectivity index (χ2n) is 4.58. The summed E-state index contributed by atoms with van der Waals surface area (Å²) in [6.45, 7) is 6.84. The maximum absolute atomic E-state index is 5.80. The van der Waals surface area contributed by atoms with E-state index in [0.717, 1.165) is 11.6 Å². The van der Waals surface area contributed by atoms with Crippen LogP contribution in [0.25, 0.3) is 0 Å². The Kier molecular flexibility index (Phi) is 4.69. The summed E-state index contributed by atoms with van der Waals surface area (Å²) in [5.41, 5.74) is 5.80. The number of nitrogens with zero attached hydrogens (tertiary/aromatic N) is 3. The smallest absolute Gasteiger partial charge is 0.135 e. The number of aromatic nitrogens is 2. The van der Waals surface area contributed by atoms with Crippen molar-refractivity contribution in [2.24, 2.45) is 0 Å². The Hall–Kier alpha value is -1.36. The zero-order valence-electron chi connectivity index (χ0n) is 11.3. The molecule has 17 heavy (non-hydrogen) atoms. The summed E-state index contributed by atoms with van der Waals surface area (Å²) in [6.07, 6.45) is 0. The molecule has 1 heterocycles. The second-order valence-corrected chi connectivity index (χ2v) is 4.58. The highest BCUT2D eigenvalue weighted by atomic mass is 16.5. The molecule has 5 nitrogen and oxygen atoms in total. The van der Waals surface area contributed by atoms with Gasteiger partial charge in [0.25, 0.3) is 0 Å². The lowest BCUT2D eigenvalue weighted by Crippen LogP contribution is -2.33. The lowest BCUT2D eigenvalue weighted by atomic mass is 10.2. The van der Waals surface area contributed by atoms with Crippen LogP contribution in [0.5, 0.6) is 0 Å². The first-order valence-electron chi connectivity index (χ1n) is 5.82. The molecule has 1 unspecified atom stereocenters. The largest absolute Gasteiger partial charge is 0.384 e. The van der Waals surface area contributed by atoms with Crippen molar-refractivity contribution in [2.75, 3.05) is 31.4 Å². The summed E-state index contributed by atoms with van der Waals surface area (Å²) in [5, 5.41) is 0. The van der Waals surface area contributed by atoms with Gasteiger partial charge in [0.2, 0.25) is 0 Å². The molecule has 0 saturated carbocycles. The van der Waals surface area contributed by atoms with E-state index in [1.54, 1.807) is 13.2 Å². The van der Waals surface area contributed by atoms with E-state index < -0.39 is 0 Å². The Morgan fingerprint density at radius 1 is 1.35 bits per heavy atom. The average molecular weight is 238 g/mol. The molecule has 0 saturated heterocycles. The van der Waals surface area contributed by atoms with Gasteiger partial charge in [-0.1, -0.05) is 13.8 Å². The minimum absolute atomic E-state index is 0.245. The van der Waals surface area contributed by atoms with Crippen LogP contribution in [-0.2, 0) is 4.74 Å². The normalized spacial score (nSPS) is 12.8. The molecule has 0 aliphatic rings. The quantitative estimate of drug-likeness (QED) is 0.845. The van der Waals surface area contributed by atoms with Gasteiger partial charge in [0.15, 0.2) is 0 Å². The Morgan fingerprint density at radius 2 is 2.00 bits per heavy atom. The van der Waals surface area contributed by atoms with Crippen LogP contribution in [-0.4, -0.2) is 36.8 Å². The maximum Gasteiger partial charge on any atom is 0.135 e. The van der Waals surface area contributed by atoms with Gasteiger partial charge in [0.05, 0.1) is 12.6 Å². The summed E-state index contributed by atoms with van der Waals surface area (Å²) in [7, 11) is 3.67. The van der Waals surface area contributed by atoms with Gasteiger partial charge >= 0.3 is 0 Å². The summed E-state index contributed by atoms with van der Waals surface area (Å²) in [5.74, 6) is 2.39. The van der Waals surface area contributed by atoms with E-state index in [-0.39, 0.29) is 12.0 Å². The number of likely N-dealkylation sites (N-methyl/N-ethyl adjacent to an activating group) is 1. The van der Waals surface area contributed by atoms with Crippen LogP contribution in [0.1, 0.15) is 32.5 Å². The molecule has 0 aromatic carbocycles.